The van der Waals surface area contributed by atoms with E-state index in [-0.39, 0.29) is 0 Å². The number of benzene rings is 1. The fourth-order valence-corrected chi connectivity index (χ4v) is 1.68. The van der Waals surface area contributed by atoms with Gasteiger partial charge in [0.1, 0.15) is 0 Å². The van der Waals surface area contributed by atoms with Crippen LogP contribution in [0.3, 0.4) is 0 Å². The second-order valence-corrected chi connectivity index (χ2v) is 4.08. The van der Waals surface area contributed by atoms with Gasteiger partial charge in [0, 0.05) is 12.8 Å². The zero-order valence-electron chi connectivity index (χ0n) is 10.1. The number of nitrogens with zero attached hydrogens (tertiary/aromatic N) is 1. The molecule has 0 unspecified atom stereocenters. The fourth-order valence-electron chi connectivity index (χ4n) is 1.68. The third kappa shape index (κ3) is 3.48. The summed E-state index contributed by atoms with van der Waals surface area (Å²) in [7, 11) is 0. The standard InChI is InChI=1S/C13H13N3O3/c17-11-10(12(18)16-13(19)15-11)8-14-7-6-9-4-2-1-3-5-9/h1-5,8,10H,6-7H2,(H2,15,16,17,18,19). The smallest absolute Gasteiger partial charge is 0.296 e. The summed E-state index contributed by atoms with van der Waals surface area (Å²) in [6.07, 6.45) is 2.01. The number of rotatable bonds is 4. The third-order valence-corrected chi connectivity index (χ3v) is 2.67. The molecule has 2 rings (SSSR count). The Hall–Kier alpha value is -2.50. The topological polar surface area (TPSA) is 87.6 Å². The number of aliphatic imine (C=N–C) groups is 1. The SMILES string of the molecule is O=C1NC(=O)C(C=NCCc2ccccc2)C(=O)N1. The molecule has 0 radical (unpaired) electrons. The first kappa shape index (κ1) is 12.9. The van der Waals surface area contributed by atoms with Gasteiger partial charge in [-0.25, -0.2) is 4.79 Å². The molecule has 0 aliphatic carbocycles. The summed E-state index contributed by atoms with van der Waals surface area (Å²) in [5.41, 5.74) is 1.13. The third-order valence-electron chi connectivity index (χ3n) is 2.67. The number of carbonyl (C=O) groups excluding carboxylic acids is 3. The molecule has 19 heavy (non-hydrogen) atoms. The van der Waals surface area contributed by atoms with Gasteiger partial charge in [-0.15, -0.1) is 0 Å². The van der Waals surface area contributed by atoms with Crippen LogP contribution in [0.4, 0.5) is 4.79 Å². The number of hydrogen-bond acceptors (Lipinski definition) is 4. The second-order valence-electron chi connectivity index (χ2n) is 4.08. The van der Waals surface area contributed by atoms with Gasteiger partial charge >= 0.3 is 6.03 Å². The van der Waals surface area contributed by atoms with Gasteiger partial charge in [-0.2, -0.15) is 0 Å². The highest BCUT2D eigenvalue weighted by molar-refractivity contribution is 6.23. The summed E-state index contributed by atoms with van der Waals surface area (Å²) in [6.45, 7) is 0.481. The minimum atomic E-state index is -1.03. The number of imide groups is 2. The largest absolute Gasteiger partial charge is 0.328 e. The van der Waals surface area contributed by atoms with Crippen molar-refractivity contribution in [3.63, 3.8) is 0 Å². The van der Waals surface area contributed by atoms with E-state index in [1.807, 2.05) is 41.0 Å². The summed E-state index contributed by atoms with van der Waals surface area (Å²) < 4.78 is 0. The number of nitrogens with one attached hydrogen (secondary N) is 2. The summed E-state index contributed by atoms with van der Waals surface area (Å²) in [6, 6.07) is 8.98. The quantitative estimate of drug-likeness (QED) is 0.601. The van der Waals surface area contributed by atoms with Crippen LogP contribution < -0.4 is 10.6 Å². The molecular formula is C13H13N3O3. The monoisotopic (exact) mass is 259 g/mol. The molecule has 1 saturated heterocycles. The summed E-state index contributed by atoms with van der Waals surface area (Å²) in [4.78, 5) is 37.7. The minimum Gasteiger partial charge on any atom is -0.296 e. The van der Waals surface area contributed by atoms with Crippen LogP contribution in [0, 0.1) is 5.92 Å². The van der Waals surface area contributed by atoms with Crippen molar-refractivity contribution >= 4 is 24.1 Å². The minimum absolute atomic E-state index is 0.481. The lowest BCUT2D eigenvalue weighted by Crippen LogP contribution is -2.56. The Kier molecular flexibility index (Phi) is 4.02. The Balaban J connectivity index is 1.87. The predicted molar refractivity (Wildman–Crippen MR) is 68.7 cm³/mol. The van der Waals surface area contributed by atoms with Crippen molar-refractivity contribution in [1.82, 2.24) is 10.6 Å². The van der Waals surface area contributed by atoms with E-state index < -0.39 is 23.8 Å². The number of amides is 4. The highest BCUT2D eigenvalue weighted by Crippen LogP contribution is 2.01. The van der Waals surface area contributed by atoms with Crippen molar-refractivity contribution in [2.24, 2.45) is 10.9 Å². The van der Waals surface area contributed by atoms with E-state index in [0.29, 0.717) is 6.54 Å². The van der Waals surface area contributed by atoms with Crippen molar-refractivity contribution in [2.75, 3.05) is 6.54 Å². The maximum Gasteiger partial charge on any atom is 0.328 e. The highest BCUT2D eigenvalue weighted by atomic mass is 16.2. The molecule has 0 saturated carbocycles. The zero-order chi connectivity index (χ0) is 13.7. The first-order chi connectivity index (χ1) is 9.16. The lowest BCUT2D eigenvalue weighted by atomic mass is 10.1. The maximum absolute atomic E-state index is 11.4. The maximum atomic E-state index is 11.4. The van der Waals surface area contributed by atoms with Gasteiger partial charge in [0.2, 0.25) is 11.8 Å². The van der Waals surface area contributed by atoms with Crippen molar-refractivity contribution in [3.05, 3.63) is 35.9 Å². The molecule has 1 aliphatic rings. The number of barbiturate groups is 1. The molecule has 6 heteroatoms. The fraction of sp³-hybridized carbons (Fsp3) is 0.231. The van der Waals surface area contributed by atoms with Crippen LogP contribution in [0.5, 0.6) is 0 Å². The van der Waals surface area contributed by atoms with Crippen molar-refractivity contribution < 1.29 is 14.4 Å². The van der Waals surface area contributed by atoms with Gasteiger partial charge in [0.05, 0.1) is 0 Å². The molecular weight excluding hydrogens is 246 g/mol. The van der Waals surface area contributed by atoms with Crippen LogP contribution in [0.1, 0.15) is 5.56 Å². The normalized spacial score (nSPS) is 16.5. The molecule has 0 aromatic heterocycles. The first-order valence-electron chi connectivity index (χ1n) is 5.86. The Morgan fingerprint density at radius 2 is 1.68 bits per heavy atom. The molecule has 1 fully saturated rings. The Labute approximate surface area is 109 Å². The lowest BCUT2D eigenvalue weighted by Gasteiger charge is -2.16. The molecule has 98 valence electrons. The molecule has 4 amide bonds. The van der Waals surface area contributed by atoms with E-state index in [0.717, 1.165) is 12.0 Å². The van der Waals surface area contributed by atoms with E-state index in [1.165, 1.54) is 6.21 Å². The van der Waals surface area contributed by atoms with Gasteiger partial charge in [-0.1, -0.05) is 30.3 Å². The molecule has 1 heterocycles. The van der Waals surface area contributed by atoms with Crippen LogP contribution in [0.2, 0.25) is 0 Å². The average molecular weight is 259 g/mol. The van der Waals surface area contributed by atoms with Gasteiger partial charge in [0.15, 0.2) is 5.92 Å². The Morgan fingerprint density at radius 3 is 2.32 bits per heavy atom. The van der Waals surface area contributed by atoms with Crippen LogP contribution in [0.25, 0.3) is 0 Å². The van der Waals surface area contributed by atoms with E-state index in [2.05, 4.69) is 4.99 Å². The summed E-state index contributed by atoms with van der Waals surface area (Å²) in [5.74, 6) is -2.32. The Morgan fingerprint density at radius 1 is 1.05 bits per heavy atom. The van der Waals surface area contributed by atoms with Crippen LogP contribution in [0.15, 0.2) is 35.3 Å². The highest BCUT2D eigenvalue weighted by Gasteiger charge is 2.32. The second kappa shape index (κ2) is 5.90. The zero-order valence-corrected chi connectivity index (χ0v) is 10.1. The van der Waals surface area contributed by atoms with Crippen molar-refractivity contribution in [1.29, 1.82) is 0 Å². The van der Waals surface area contributed by atoms with E-state index in [4.69, 9.17) is 0 Å². The van der Waals surface area contributed by atoms with Gasteiger partial charge in [0.25, 0.3) is 0 Å². The average Bonchev–Trinajstić information content (AvgIpc) is 2.38. The summed E-state index contributed by atoms with van der Waals surface area (Å²) >= 11 is 0. The van der Waals surface area contributed by atoms with E-state index in [1.54, 1.807) is 0 Å². The number of hydrogen-bond donors (Lipinski definition) is 2. The molecule has 1 aliphatic heterocycles. The number of urea groups is 1. The lowest BCUT2D eigenvalue weighted by molar-refractivity contribution is -0.132. The van der Waals surface area contributed by atoms with Crippen molar-refractivity contribution in [3.8, 4) is 0 Å². The van der Waals surface area contributed by atoms with Gasteiger partial charge in [-0.3, -0.25) is 25.2 Å². The molecule has 1 aromatic carbocycles. The molecule has 2 N–H and O–H groups in total. The molecule has 0 bridgehead atoms. The summed E-state index contributed by atoms with van der Waals surface area (Å²) in [5, 5.41) is 4.03. The van der Waals surface area contributed by atoms with E-state index >= 15 is 0 Å². The molecule has 6 nitrogen and oxygen atoms in total. The first-order valence-corrected chi connectivity index (χ1v) is 5.86. The molecule has 0 atom stereocenters. The predicted octanol–water partition coefficient (Wildman–Crippen LogP) is 0.282. The molecule has 0 spiro atoms. The Bertz CT molecular complexity index is 505. The number of carbonyl (C=O) groups is 3. The molecule has 1 aromatic rings. The van der Waals surface area contributed by atoms with Gasteiger partial charge in [-0.05, 0) is 12.0 Å². The van der Waals surface area contributed by atoms with Gasteiger partial charge < -0.3 is 0 Å². The van der Waals surface area contributed by atoms with Crippen LogP contribution in [-0.2, 0) is 16.0 Å². The van der Waals surface area contributed by atoms with Crippen LogP contribution in [-0.4, -0.2) is 30.6 Å². The van der Waals surface area contributed by atoms with Crippen LogP contribution >= 0.6 is 0 Å². The van der Waals surface area contributed by atoms with Crippen molar-refractivity contribution in [2.45, 2.75) is 6.42 Å². The van der Waals surface area contributed by atoms with E-state index in [9.17, 15) is 14.4 Å².